The molecule has 0 saturated heterocycles. The van der Waals surface area contributed by atoms with Crippen LogP contribution in [-0.2, 0) is 0 Å². The molecule has 0 saturated carbocycles. The zero-order valence-electron chi connectivity index (χ0n) is 26.1. The van der Waals surface area contributed by atoms with Crippen molar-refractivity contribution in [1.29, 1.82) is 0 Å². The van der Waals surface area contributed by atoms with E-state index in [1.54, 1.807) is 4.90 Å². The molecule has 0 unspecified atom stereocenters. The third kappa shape index (κ3) is 9.12. The Labute approximate surface area is 271 Å². The predicted molar refractivity (Wildman–Crippen MR) is 178 cm³/mol. The molecule has 15 nitrogen and oxygen atoms in total. The second-order valence-electron chi connectivity index (χ2n) is 10.6. The number of phenols is 2. The van der Waals surface area contributed by atoms with Gasteiger partial charge >= 0.3 is 11.9 Å². The summed E-state index contributed by atoms with van der Waals surface area (Å²) in [5.41, 5.74) is 13.1. The van der Waals surface area contributed by atoms with Crippen molar-refractivity contribution in [2.75, 3.05) is 23.1 Å². The molecule has 47 heavy (non-hydrogen) atoms. The normalized spacial score (nSPS) is 11.7. The summed E-state index contributed by atoms with van der Waals surface area (Å²) < 4.78 is 0. The number of hydrazine groups is 2. The van der Waals surface area contributed by atoms with Gasteiger partial charge in [0.15, 0.2) is 0 Å². The molecule has 0 aliphatic carbocycles. The molecule has 1 aromatic heterocycles. The Morgan fingerprint density at radius 1 is 0.723 bits per heavy atom. The van der Waals surface area contributed by atoms with Gasteiger partial charge in [0.05, 0.1) is 34.2 Å². The Hall–Kier alpha value is -5.80. The highest BCUT2D eigenvalue weighted by atomic mass is 16.4. The maximum Gasteiger partial charge on any atom is 0.339 e. The van der Waals surface area contributed by atoms with E-state index in [0.717, 1.165) is 47.8 Å². The maximum atomic E-state index is 13.8. The number of unbranched alkanes of at least 4 members (excludes halogenated alkanes) is 2. The number of anilines is 2. The molecule has 0 atom stereocenters. The van der Waals surface area contributed by atoms with Crippen molar-refractivity contribution in [3.8, 4) is 11.5 Å². The van der Waals surface area contributed by atoms with Crippen LogP contribution in [0.4, 0.5) is 11.4 Å². The minimum Gasteiger partial charge on any atom is -0.507 e. The number of hydrogen-bond donors (Lipinski definition) is 8. The quantitative estimate of drug-likeness (QED) is 0.0869. The molecule has 0 spiro atoms. The topological polar surface area (TPSA) is 259 Å². The Kier molecular flexibility index (Phi) is 12.1. The first-order valence-corrected chi connectivity index (χ1v) is 14.7. The van der Waals surface area contributed by atoms with Crippen molar-refractivity contribution in [2.24, 2.45) is 23.2 Å². The molecular formula is C32H40N8O7. The van der Waals surface area contributed by atoms with Crippen LogP contribution in [0.5, 0.6) is 11.5 Å². The largest absolute Gasteiger partial charge is 0.507 e. The van der Waals surface area contributed by atoms with Gasteiger partial charge in [0.2, 0.25) is 0 Å². The summed E-state index contributed by atoms with van der Waals surface area (Å²) in [6, 6.07) is 10.4. The first-order valence-electron chi connectivity index (χ1n) is 14.7. The molecule has 2 aromatic carbocycles. The molecule has 0 aliphatic heterocycles. The van der Waals surface area contributed by atoms with Gasteiger partial charge in [0.25, 0.3) is 5.91 Å². The van der Waals surface area contributed by atoms with Gasteiger partial charge in [0.1, 0.15) is 22.6 Å². The molecule has 0 bridgehead atoms. The molecule has 250 valence electrons. The fourth-order valence-electron chi connectivity index (χ4n) is 4.45. The number of nitrogens with two attached hydrogens (primary N) is 4. The third-order valence-electron chi connectivity index (χ3n) is 7.09. The van der Waals surface area contributed by atoms with Crippen LogP contribution >= 0.6 is 0 Å². The van der Waals surface area contributed by atoms with E-state index >= 15 is 0 Å². The van der Waals surface area contributed by atoms with E-state index < -0.39 is 23.4 Å². The SMILES string of the molecule is CCCCN(CCCC)C(=O)c1cc(/C(N)=C/N(N)c2ccc(C(=O)O)c(O)c2)nc(/C(N)=C/N(N)c2ccc(C(=O)O)c(O)c2)c1. The molecule has 1 heterocycles. The van der Waals surface area contributed by atoms with Crippen LogP contribution in [-0.4, -0.2) is 61.2 Å². The van der Waals surface area contributed by atoms with Crippen LogP contribution in [0.1, 0.15) is 82.0 Å². The smallest absolute Gasteiger partial charge is 0.339 e. The number of carboxylic acids is 2. The fraction of sp³-hybridized carbons (Fsp3) is 0.250. The van der Waals surface area contributed by atoms with Crippen molar-refractivity contribution in [1.82, 2.24) is 9.88 Å². The van der Waals surface area contributed by atoms with Gasteiger partial charge in [-0.25, -0.2) is 26.3 Å². The molecule has 0 radical (unpaired) electrons. The summed E-state index contributed by atoms with van der Waals surface area (Å²) in [7, 11) is 0. The molecule has 3 aromatic rings. The average Bonchev–Trinajstić information content (AvgIpc) is 3.03. The van der Waals surface area contributed by atoms with Crippen molar-refractivity contribution < 1.29 is 34.8 Å². The predicted octanol–water partition coefficient (Wildman–Crippen LogP) is 3.21. The standard InChI is InChI=1S/C32H40N8O7/c1-3-5-11-38(12-6-4-2)30(43)19-13-26(24(33)17-39(35)20-7-9-22(31(44)45)28(41)15-20)37-27(14-19)25(34)18-40(36)21-8-10-23(32(46)47)29(42)16-21/h7-10,13-18,41-42H,3-6,11-12,33-36H2,1-2H3,(H,44,45)(H,46,47)/b24-17-,25-18-. The van der Waals surface area contributed by atoms with Crippen molar-refractivity contribution >= 4 is 40.6 Å². The summed E-state index contributed by atoms with van der Waals surface area (Å²) in [6.07, 6.45) is 5.94. The number of pyridine rings is 1. The van der Waals surface area contributed by atoms with Crippen LogP contribution < -0.4 is 33.2 Å². The number of amides is 1. The molecule has 0 fully saturated rings. The molecule has 12 N–H and O–H groups in total. The van der Waals surface area contributed by atoms with Gasteiger partial charge in [-0.15, -0.1) is 0 Å². The van der Waals surface area contributed by atoms with E-state index in [4.69, 9.17) is 23.2 Å². The third-order valence-corrected chi connectivity index (χ3v) is 7.09. The zero-order chi connectivity index (χ0) is 34.8. The highest BCUT2D eigenvalue weighted by Crippen LogP contribution is 2.26. The van der Waals surface area contributed by atoms with Gasteiger partial charge in [-0.05, 0) is 49.2 Å². The number of hydrogen-bond acceptors (Lipinski definition) is 12. The van der Waals surface area contributed by atoms with Crippen LogP contribution in [0.3, 0.4) is 0 Å². The van der Waals surface area contributed by atoms with Crippen molar-refractivity contribution in [3.63, 3.8) is 0 Å². The van der Waals surface area contributed by atoms with Crippen molar-refractivity contribution in [2.45, 2.75) is 39.5 Å². The van der Waals surface area contributed by atoms with E-state index in [1.165, 1.54) is 48.8 Å². The Bertz CT molecular complexity index is 1580. The van der Waals surface area contributed by atoms with Gasteiger partial charge in [0, 0.05) is 43.2 Å². The summed E-state index contributed by atoms with van der Waals surface area (Å²) in [6.45, 7) is 5.14. The minimum absolute atomic E-state index is 0.00505. The molecule has 0 aliphatic rings. The Balaban J connectivity index is 2.08. The van der Waals surface area contributed by atoms with Gasteiger partial charge in [-0.3, -0.25) is 14.8 Å². The number of aromatic hydroxyl groups is 2. The van der Waals surface area contributed by atoms with Gasteiger partial charge in [-0.2, -0.15) is 0 Å². The molecule has 1 amide bonds. The monoisotopic (exact) mass is 648 g/mol. The van der Waals surface area contributed by atoms with Crippen LogP contribution in [0.25, 0.3) is 11.4 Å². The Morgan fingerprint density at radius 2 is 1.13 bits per heavy atom. The number of benzene rings is 2. The van der Waals surface area contributed by atoms with Crippen LogP contribution in [0, 0.1) is 0 Å². The molecule has 15 heteroatoms. The number of carbonyl (C=O) groups excluding carboxylic acids is 1. The summed E-state index contributed by atoms with van der Waals surface area (Å²) in [4.78, 5) is 42.6. The highest BCUT2D eigenvalue weighted by Gasteiger charge is 2.20. The van der Waals surface area contributed by atoms with E-state index in [1.807, 2.05) is 13.8 Å². The second-order valence-corrected chi connectivity index (χ2v) is 10.6. The van der Waals surface area contributed by atoms with E-state index in [9.17, 15) is 34.8 Å². The van der Waals surface area contributed by atoms with Crippen molar-refractivity contribution in [3.05, 3.63) is 89.0 Å². The van der Waals surface area contributed by atoms with Crippen LogP contribution in [0.2, 0.25) is 0 Å². The number of nitrogens with zero attached hydrogens (tertiary/aromatic N) is 4. The zero-order valence-corrected chi connectivity index (χ0v) is 26.1. The lowest BCUT2D eigenvalue weighted by Gasteiger charge is -2.23. The first-order chi connectivity index (χ1) is 22.3. The van der Waals surface area contributed by atoms with E-state index in [2.05, 4.69) is 4.98 Å². The number of carboxylic acid groups (broad SMARTS) is 2. The van der Waals surface area contributed by atoms with Gasteiger partial charge in [-0.1, -0.05) is 26.7 Å². The average molecular weight is 649 g/mol. The summed E-state index contributed by atoms with van der Waals surface area (Å²) >= 11 is 0. The summed E-state index contributed by atoms with van der Waals surface area (Å²) in [5, 5.41) is 40.7. The lowest BCUT2D eigenvalue weighted by molar-refractivity contribution is 0.0682. The number of aromatic carboxylic acids is 2. The van der Waals surface area contributed by atoms with Crippen LogP contribution in [0.15, 0.2) is 60.9 Å². The van der Waals surface area contributed by atoms with E-state index in [-0.39, 0.29) is 56.8 Å². The summed E-state index contributed by atoms with van der Waals surface area (Å²) in [5.74, 6) is 8.41. The molecular weight excluding hydrogens is 608 g/mol. The number of rotatable bonds is 15. The second kappa shape index (κ2) is 16.0. The fourth-order valence-corrected chi connectivity index (χ4v) is 4.45. The highest BCUT2D eigenvalue weighted by molar-refractivity contribution is 5.96. The number of aromatic nitrogens is 1. The lowest BCUT2D eigenvalue weighted by Crippen LogP contribution is -2.33. The maximum absolute atomic E-state index is 13.8. The lowest BCUT2D eigenvalue weighted by atomic mass is 10.1. The van der Waals surface area contributed by atoms with Gasteiger partial charge < -0.3 is 36.8 Å². The van der Waals surface area contributed by atoms with E-state index in [0.29, 0.717) is 13.1 Å². The molecule has 3 rings (SSSR count). The Morgan fingerprint density at radius 3 is 1.47 bits per heavy atom. The minimum atomic E-state index is -1.31. The number of carbonyl (C=O) groups is 3. The first kappa shape index (κ1) is 35.7.